The minimum Gasteiger partial charge on any atom is -0.493 e. The molecule has 5 heteroatoms. The lowest BCUT2D eigenvalue weighted by Crippen LogP contribution is -2.03. The molecule has 20 heavy (non-hydrogen) atoms. The van der Waals surface area contributed by atoms with E-state index >= 15 is 0 Å². The number of ether oxygens (including phenoxy) is 2. The number of rotatable bonds is 5. The van der Waals surface area contributed by atoms with Gasteiger partial charge in [-0.15, -0.1) is 0 Å². The largest absolute Gasteiger partial charge is 0.493 e. The summed E-state index contributed by atoms with van der Waals surface area (Å²) in [5.74, 6) is -0.714. The van der Waals surface area contributed by atoms with E-state index in [9.17, 15) is 13.6 Å². The van der Waals surface area contributed by atoms with Crippen molar-refractivity contribution in [2.45, 2.75) is 6.61 Å². The highest BCUT2D eigenvalue weighted by molar-refractivity contribution is 5.76. The van der Waals surface area contributed by atoms with Crippen molar-refractivity contribution in [2.24, 2.45) is 0 Å². The fourth-order valence-electron chi connectivity index (χ4n) is 1.70. The van der Waals surface area contributed by atoms with Crippen LogP contribution in [0.4, 0.5) is 8.78 Å². The maximum absolute atomic E-state index is 13.5. The fraction of sp³-hybridized carbons (Fsp3) is 0.133. The van der Waals surface area contributed by atoms with E-state index in [-0.39, 0.29) is 12.2 Å². The van der Waals surface area contributed by atoms with Crippen LogP contribution in [0.1, 0.15) is 15.9 Å². The summed E-state index contributed by atoms with van der Waals surface area (Å²) in [5.41, 5.74) is 0.264. The first-order chi connectivity index (χ1) is 9.65. The van der Waals surface area contributed by atoms with Crippen molar-refractivity contribution >= 4 is 6.29 Å². The molecule has 2 rings (SSSR count). The Balaban J connectivity index is 2.21. The Kier molecular flexibility index (Phi) is 4.30. The number of methoxy groups -OCH3 is 1. The molecule has 0 fully saturated rings. The zero-order valence-electron chi connectivity index (χ0n) is 10.7. The van der Waals surface area contributed by atoms with E-state index in [0.717, 1.165) is 12.1 Å². The van der Waals surface area contributed by atoms with Crippen molar-refractivity contribution in [1.29, 1.82) is 0 Å². The molecule has 0 N–H and O–H groups in total. The normalized spacial score (nSPS) is 10.2. The highest BCUT2D eigenvalue weighted by atomic mass is 19.1. The molecule has 0 aromatic heterocycles. The maximum Gasteiger partial charge on any atom is 0.161 e. The smallest absolute Gasteiger partial charge is 0.161 e. The van der Waals surface area contributed by atoms with Crippen molar-refractivity contribution in [2.75, 3.05) is 7.11 Å². The van der Waals surface area contributed by atoms with Gasteiger partial charge in [0.1, 0.15) is 24.5 Å². The van der Waals surface area contributed by atoms with E-state index in [2.05, 4.69) is 0 Å². The Labute approximate surface area is 114 Å². The molecule has 0 heterocycles. The van der Waals surface area contributed by atoms with Gasteiger partial charge in [-0.3, -0.25) is 4.79 Å². The number of carbonyl (C=O) groups is 1. The van der Waals surface area contributed by atoms with Crippen LogP contribution >= 0.6 is 0 Å². The second-order valence-electron chi connectivity index (χ2n) is 4.02. The molecule has 2 aromatic carbocycles. The molecule has 0 saturated carbocycles. The Morgan fingerprint density at radius 3 is 2.40 bits per heavy atom. The maximum atomic E-state index is 13.5. The van der Waals surface area contributed by atoms with E-state index < -0.39 is 11.6 Å². The van der Waals surface area contributed by atoms with Crippen LogP contribution in [0.5, 0.6) is 11.5 Å². The number of aldehydes is 1. The SMILES string of the molecule is COc1cc(C=O)ccc1OCc1c(F)cccc1F. The molecule has 104 valence electrons. The summed E-state index contributed by atoms with van der Waals surface area (Å²) in [6, 6.07) is 8.14. The van der Waals surface area contributed by atoms with Crippen molar-refractivity contribution < 1.29 is 23.0 Å². The minimum atomic E-state index is -0.673. The van der Waals surface area contributed by atoms with Crippen LogP contribution in [0.3, 0.4) is 0 Å². The van der Waals surface area contributed by atoms with Gasteiger partial charge in [0.25, 0.3) is 0 Å². The molecule has 0 spiro atoms. The monoisotopic (exact) mass is 278 g/mol. The molecule has 0 bridgehead atoms. The van der Waals surface area contributed by atoms with Gasteiger partial charge in [-0.1, -0.05) is 6.07 Å². The number of benzene rings is 2. The molecular weight excluding hydrogens is 266 g/mol. The molecule has 0 amide bonds. The molecule has 0 aliphatic carbocycles. The van der Waals surface area contributed by atoms with Crippen LogP contribution < -0.4 is 9.47 Å². The van der Waals surface area contributed by atoms with Gasteiger partial charge >= 0.3 is 0 Å². The molecular formula is C15H12F2O3. The Bertz CT molecular complexity index is 606. The molecule has 0 saturated heterocycles. The Hall–Kier alpha value is -2.43. The number of hydrogen-bond donors (Lipinski definition) is 0. The second-order valence-corrected chi connectivity index (χ2v) is 4.02. The van der Waals surface area contributed by atoms with Gasteiger partial charge in [0.15, 0.2) is 11.5 Å². The van der Waals surface area contributed by atoms with E-state index in [1.54, 1.807) is 0 Å². The lowest BCUT2D eigenvalue weighted by atomic mass is 10.2. The minimum absolute atomic E-state index is 0.158. The lowest BCUT2D eigenvalue weighted by molar-refractivity contribution is 0.112. The Morgan fingerprint density at radius 1 is 1.10 bits per heavy atom. The fourth-order valence-corrected chi connectivity index (χ4v) is 1.70. The highest BCUT2D eigenvalue weighted by Gasteiger charge is 2.11. The molecule has 0 atom stereocenters. The van der Waals surface area contributed by atoms with E-state index in [0.29, 0.717) is 23.3 Å². The first kappa shape index (κ1) is 14.0. The van der Waals surface area contributed by atoms with Gasteiger partial charge in [-0.05, 0) is 30.3 Å². The third kappa shape index (κ3) is 2.93. The van der Waals surface area contributed by atoms with Crippen molar-refractivity contribution in [3.63, 3.8) is 0 Å². The van der Waals surface area contributed by atoms with E-state index in [1.165, 1.54) is 31.4 Å². The number of hydrogen-bond acceptors (Lipinski definition) is 3. The quantitative estimate of drug-likeness (QED) is 0.787. The van der Waals surface area contributed by atoms with Gasteiger partial charge in [0.05, 0.1) is 12.7 Å². The summed E-state index contributed by atoms with van der Waals surface area (Å²) in [6.07, 6.45) is 0.669. The van der Waals surface area contributed by atoms with Crippen LogP contribution in [0, 0.1) is 11.6 Å². The van der Waals surface area contributed by atoms with Crippen LogP contribution in [0.15, 0.2) is 36.4 Å². The van der Waals surface area contributed by atoms with Gasteiger partial charge in [0.2, 0.25) is 0 Å². The molecule has 2 aromatic rings. The second kappa shape index (κ2) is 6.14. The zero-order chi connectivity index (χ0) is 14.5. The Morgan fingerprint density at radius 2 is 1.80 bits per heavy atom. The summed E-state index contributed by atoms with van der Waals surface area (Å²) in [7, 11) is 1.42. The predicted octanol–water partition coefficient (Wildman–Crippen LogP) is 3.36. The molecule has 0 radical (unpaired) electrons. The van der Waals surface area contributed by atoms with Gasteiger partial charge in [-0.25, -0.2) is 8.78 Å². The first-order valence-electron chi connectivity index (χ1n) is 5.84. The van der Waals surface area contributed by atoms with E-state index in [1.807, 2.05) is 0 Å². The summed E-state index contributed by atoms with van der Waals surface area (Å²) >= 11 is 0. The van der Waals surface area contributed by atoms with Crippen molar-refractivity contribution in [1.82, 2.24) is 0 Å². The van der Waals surface area contributed by atoms with E-state index in [4.69, 9.17) is 9.47 Å². The molecule has 3 nitrogen and oxygen atoms in total. The summed E-state index contributed by atoms with van der Waals surface area (Å²) in [5, 5.41) is 0. The van der Waals surface area contributed by atoms with Crippen LogP contribution in [0.2, 0.25) is 0 Å². The van der Waals surface area contributed by atoms with Gasteiger partial charge < -0.3 is 9.47 Å². The van der Waals surface area contributed by atoms with Crippen LogP contribution in [-0.4, -0.2) is 13.4 Å². The average molecular weight is 278 g/mol. The van der Waals surface area contributed by atoms with Crippen molar-refractivity contribution in [3.8, 4) is 11.5 Å². The third-order valence-electron chi connectivity index (χ3n) is 2.76. The molecule has 0 aliphatic heterocycles. The molecule has 0 aliphatic rings. The van der Waals surface area contributed by atoms with Gasteiger partial charge in [-0.2, -0.15) is 0 Å². The predicted molar refractivity (Wildman–Crippen MR) is 69.1 cm³/mol. The van der Waals surface area contributed by atoms with Gasteiger partial charge in [0, 0.05) is 5.56 Å². The number of halogens is 2. The molecule has 0 unspecified atom stereocenters. The zero-order valence-corrected chi connectivity index (χ0v) is 10.7. The number of carbonyl (C=O) groups excluding carboxylic acids is 1. The lowest BCUT2D eigenvalue weighted by Gasteiger charge is -2.11. The summed E-state index contributed by atoms with van der Waals surface area (Å²) in [4.78, 5) is 10.7. The third-order valence-corrected chi connectivity index (χ3v) is 2.76. The summed E-state index contributed by atoms with van der Waals surface area (Å²) in [6.45, 7) is -0.269. The highest BCUT2D eigenvalue weighted by Crippen LogP contribution is 2.28. The van der Waals surface area contributed by atoms with Crippen LogP contribution in [0.25, 0.3) is 0 Å². The topological polar surface area (TPSA) is 35.5 Å². The standard InChI is InChI=1S/C15H12F2O3/c1-19-15-7-10(8-18)5-6-14(15)20-9-11-12(16)3-2-4-13(11)17/h2-8H,9H2,1H3. The van der Waals surface area contributed by atoms with Crippen LogP contribution in [-0.2, 0) is 6.61 Å². The average Bonchev–Trinajstić information content (AvgIpc) is 2.46. The first-order valence-corrected chi connectivity index (χ1v) is 5.84. The summed E-state index contributed by atoms with van der Waals surface area (Å²) < 4.78 is 37.3. The van der Waals surface area contributed by atoms with Crippen molar-refractivity contribution in [3.05, 3.63) is 59.2 Å².